The van der Waals surface area contributed by atoms with Crippen LogP contribution in [0.25, 0.3) is 0 Å². The topological polar surface area (TPSA) is 52.7 Å². The Morgan fingerprint density at radius 3 is 2.29 bits per heavy atom. The third kappa shape index (κ3) is 7.82. The van der Waals surface area contributed by atoms with E-state index < -0.39 is 0 Å². The van der Waals surface area contributed by atoms with Gasteiger partial charge in [0.25, 0.3) is 0 Å². The highest BCUT2D eigenvalue weighted by Crippen LogP contribution is 2.43. The number of halogens is 2. The summed E-state index contributed by atoms with van der Waals surface area (Å²) in [5.74, 6) is 0.533. The summed E-state index contributed by atoms with van der Waals surface area (Å²) in [5, 5.41) is 4.61. The minimum absolute atomic E-state index is 0.0192. The number of amides is 1. The number of carbonyl (C=O) groups excluding carboxylic acids is 2. The van der Waals surface area contributed by atoms with Crippen molar-refractivity contribution in [3.8, 4) is 0 Å². The largest absolute Gasteiger partial charge is 0.336 e. The van der Waals surface area contributed by atoms with Gasteiger partial charge < -0.3 is 10.2 Å². The zero-order chi connectivity index (χ0) is 31.8. The lowest BCUT2D eigenvalue weighted by Gasteiger charge is -2.50. The minimum Gasteiger partial charge on any atom is -0.336 e. The Hall–Kier alpha value is -2.70. The van der Waals surface area contributed by atoms with Gasteiger partial charge in [-0.15, -0.1) is 0 Å². The van der Waals surface area contributed by atoms with Gasteiger partial charge in [0, 0.05) is 44.1 Å². The molecule has 240 valence electrons. The predicted octanol–water partition coefficient (Wildman–Crippen LogP) is 8.56. The summed E-state index contributed by atoms with van der Waals surface area (Å²) in [7, 11) is 1.99. The van der Waals surface area contributed by atoms with Crippen LogP contribution < -0.4 is 5.32 Å². The second kappa shape index (κ2) is 15.7. The highest BCUT2D eigenvalue weighted by Gasteiger charge is 2.44. The van der Waals surface area contributed by atoms with E-state index in [1.807, 2.05) is 60.5 Å². The first-order chi connectivity index (χ1) is 21.8. The number of hydrogen-bond acceptors (Lipinski definition) is 4. The highest BCUT2D eigenvalue weighted by atomic mass is 35.5. The van der Waals surface area contributed by atoms with Crippen molar-refractivity contribution in [2.75, 3.05) is 33.2 Å². The van der Waals surface area contributed by atoms with Crippen LogP contribution in [0.4, 0.5) is 0 Å². The van der Waals surface area contributed by atoms with Crippen LogP contribution in [0.5, 0.6) is 0 Å². The zero-order valence-corrected chi connectivity index (χ0v) is 28.2. The lowest BCUT2D eigenvalue weighted by molar-refractivity contribution is -0.139. The second-order valence-electron chi connectivity index (χ2n) is 12.9. The lowest BCUT2D eigenvalue weighted by atomic mass is 9.75. The second-order valence-corrected chi connectivity index (χ2v) is 13.7. The molecule has 7 heteroatoms. The number of likely N-dealkylation sites (tertiary alicyclic amines) is 1. The van der Waals surface area contributed by atoms with Crippen molar-refractivity contribution < 1.29 is 9.59 Å². The van der Waals surface area contributed by atoms with E-state index in [1.54, 1.807) is 0 Å². The molecule has 0 spiro atoms. The maximum absolute atomic E-state index is 14.2. The Kier molecular flexibility index (Phi) is 11.8. The standard InChI is InChI=1S/C38H47Cl2N3O2/c1-3-4-17-36(44)42(2)38(31-15-9-6-10-16-31)20-23-43(24-21-38)35(29-18-19-33(39)34(40)25-29)26-32(30-14-11-22-41-27-30)37(45)28-12-7-5-8-13-28/h5-10,12-13,15-16,18-19,25,30,32,35,41H,3-4,11,14,17,20-24,26-27H2,1-2H3. The van der Waals surface area contributed by atoms with Gasteiger partial charge in [-0.05, 0) is 80.8 Å². The van der Waals surface area contributed by atoms with E-state index in [-0.39, 0.29) is 35.1 Å². The van der Waals surface area contributed by atoms with E-state index in [1.165, 1.54) is 5.56 Å². The average molecular weight is 649 g/mol. The fourth-order valence-corrected chi connectivity index (χ4v) is 7.82. The van der Waals surface area contributed by atoms with Crippen LogP contribution in [-0.2, 0) is 10.3 Å². The molecule has 2 heterocycles. The molecule has 1 N–H and O–H groups in total. The Bertz CT molecular complexity index is 1400. The van der Waals surface area contributed by atoms with Gasteiger partial charge in [0.1, 0.15) is 0 Å². The normalized spacial score (nSPS) is 19.9. The van der Waals surface area contributed by atoms with Crippen LogP contribution in [0.15, 0.2) is 78.9 Å². The maximum Gasteiger partial charge on any atom is 0.223 e. The third-order valence-corrected chi connectivity index (χ3v) is 11.0. The molecule has 45 heavy (non-hydrogen) atoms. The van der Waals surface area contributed by atoms with Crippen molar-refractivity contribution in [3.63, 3.8) is 0 Å². The molecule has 5 rings (SSSR count). The van der Waals surface area contributed by atoms with Gasteiger partial charge in [-0.25, -0.2) is 0 Å². The van der Waals surface area contributed by atoms with Crippen LogP contribution in [-0.4, -0.2) is 54.7 Å². The summed E-state index contributed by atoms with van der Waals surface area (Å²) < 4.78 is 0. The van der Waals surface area contributed by atoms with Crippen molar-refractivity contribution >= 4 is 34.9 Å². The molecule has 2 fully saturated rings. The van der Waals surface area contributed by atoms with E-state index >= 15 is 0 Å². The summed E-state index contributed by atoms with van der Waals surface area (Å²) in [6.45, 7) is 5.55. The highest BCUT2D eigenvalue weighted by molar-refractivity contribution is 6.42. The van der Waals surface area contributed by atoms with Crippen molar-refractivity contribution in [3.05, 3.63) is 106 Å². The van der Waals surface area contributed by atoms with E-state index in [9.17, 15) is 9.59 Å². The summed E-state index contributed by atoms with van der Waals surface area (Å²) in [5.41, 5.74) is 2.67. The molecular formula is C38H47Cl2N3O2. The van der Waals surface area contributed by atoms with Gasteiger partial charge in [0.2, 0.25) is 5.91 Å². The maximum atomic E-state index is 14.2. The fraction of sp³-hybridized carbons (Fsp3) is 0.474. The molecule has 0 bridgehead atoms. The Morgan fingerprint density at radius 1 is 0.978 bits per heavy atom. The van der Waals surface area contributed by atoms with Gasteiger partial charge >= 0.3 is 0 Å². The molecule has 0 aromatic heterocycles. The van der Waals surface area contributed by atoms with E-state index in [0.717, 1.165) is 75.8 Å². The Labute approximate surface area is 279 Å². The molecule has 2 saturated heterocycles. The minimum atomic E-state index is -0.378. The van der Waals surface area contributed by atoms with Crippen LogP contribution in [0.2, 0.25) is 10.0 Å². The number of piperidine rings is 2. The molecule has 0 radical (unpaired) electrons. The first-order valence-electron chi connectivity index (χ1n) is 16.6. The lowest BCUT2D eigenvalue weighted by Crippen LogP contribution is -2.54. The SMILES string of the molecule is CCCCC(=O)N(C)C1(c2ccccc2)CCN(C(CC(C(=O)c2ccccc2)C2CCCNC2)c2ccc(Cl)c(Cl)c2)CC1. The molecule has 2 aliphatic heterocycles. The monoisotopic (exact) mass is 647 g/mol. The third-order valence-electron chi connectivity index (χ3n) is 10.2. The number of nitrogens with zero attached hydrogens (tertiary/aromatic N) is 2. The zero-order valence-electron chi connectivity index (χ0n) is 26.7. The number of ketones is 1. The van der Waals surface area contributed by atoms with Crippen molar-refractivity contribution in [2.24, 2.45) is 11.8 Å². The van der Waals surface area contributed by atoms with Gasteiger partial charge in [-0.2, -0.15) is 0 Å². The molecular weight excluding hydrogens is 601 g/mol. The quantitative estimate of drug-likeness (QED) is 0.200. The first-order valence-corrected chi connectivity index (χ1v) is 17.4. The molecule has 3 aromatic carbocycles. The average Bonchev–Trinajstić information content (AvgIpc) is 3.09. The summed E-state index contributed by atoms with van der Waals surface area (Å²) in [6.07, 6.45) is 6.88. The number of rotatable bonds is 12. The number of hydrogen-bond donors (Lipinski definition) is 1. The molecule has 0 saturated carbocycles. The molecule has 0 aliphatic carbocycles. The number of nitrogens with one attached hydrogen (secondary N) is 1. The molecule has 3 unspecified atom stereocenters. The van der Waals surface area contributed by atoms with Crippen LogP contribution in [0, 0.1) is 11.8 Å². The van der Waals surface area contributed by atoms with Gasteiger partial charge in [0.05, 0.1) is 15.6 Å². The van der Waals surface area contributed by atoms with Crippen LogP contribution in [0.3, 0.4) is 0 Å². The molecule has 1 amide bonds. The number of Topliss-reactive ketones (excluding diaryl/α,β-unsaturated/α-hetero) is 1. The summed E-state index contributed by atoms with van der Waals surface area (Å²) >= 11 is 13.0. The van der Waals surface area contributed by atoms with Crippen LogP contribution in [0.1, 0.15) is 85.8 Å². The number of benzene rings is 3. The molecule has 3 aromatic rings. The molecule has 3 atom stereocenters. The van der Waals surface area contributed by atoms with E-state index in [4.69, 9.17) is 23.2 Å². The predicted molar refractivity (Wildman–Crippen MR) is 185 cm³/mol. The number of unbranched alkanes of at least 4 members (excludes halogenated alkanes) is 1. The van der Waals surface area contributed by atoms with Crippen molar-refractivity contribution in [2.45, 2.75) is 69.9 Å². The fourth-order valence-electron chi connectivity index (χ4n) is 7.51. The van der Waals surface area contributed by atoms with Crippen LogP contribution >= 0.6 is 23.2 Å². The molecule has 2 aliphatic rings. The smallest absolute Gasteiger partial charge is 0.223 e. The summed E-state index contributed by atoms with van der Waals surface area (Å²) in [4.78, 5) is 32.2. The van der Waals surface area contributed by atoms with Crippen molar-refractivity contribution in [1.29, 1.82) is 0 Å². The van der Waals surface area contributed by atoms with Gasteiger partial charge in [-0.3, -0.25) is 14.5 Å². The van der Waals surface area contributed by atoms with Gasteiger partial charge in [0.15, 0.2) is 5.78 Å². The Morgan fingerprint density at radius 2 is 1.67 bits per heavy atom. The van der Waals surface area contributed by atoms with E-state index in [0.29, 0.717) is 22.9 Å². The summed E-state index contributed by atoms with van der Waals surface area (Å²) in [6, 6.07) is 26.2. The first kappa shape index (κ1) is 33.7. The number of carbonyl (C=O) groups is 2. The van der Waals surface area contributed by atoms with Crippen molar-refractivity contribution in [1.82, 2.24) is 15.1 Å². The molecule has 5 nitrogen and oxygen atoms in total. The van der Waals surface area contributed by atoms with E-state index in [2.05, 4.69) is 47.5 Å². The van der Waals surface area contributed by atoms with Gasteiger partial charge in [-0.1, -0.05) is 103 Å². The Balaban J connectivity index is 1.47.